The predicted octanol–water partition coefficient (Wildman–Crippen LogP) is 0.196. The molecule has 15 heavy (non-hydrogen) atoms. The molecule has 1 aliphatic heterocycles. The van der Waals surface area contributed by atoms with Gasteiger partial charge in [0.2, 0.25) is 5.91 Å². The molecule has 88 valence electrons. The molecule has 1 aliphatic rings. The molecule has 0 radical (unpaired) electrons. The van der Waals surface area contributed by atoms with Crippen molar-refractivity contribution in [3.63, 3.8) is 0 Å². The summed E-state index contributed by atoms with van der Waals surface area (Å²) in [6.07, 6.45) is 4.39. The van der Waals surface area contributed by atoms with Crippen molar-refractivity contribution in [1.82, 2.24) is 15.5 Å². The van der Waals surface area contributed by atoms with Gasteiger partial charge in [-0.05, 0) is 39.4 Å². The van der Waals surface area contributed by atoms with Gasteiger partial charge >= 0.3 is 0 Å². The van der Waals surface area contributed by atoms with Gasteiger partial charge in [0.1, 0.15) is 0 Å². The van der Waals surface area contributed by atoms with Gasteiger partial charge in [-0.3, -0.25) is 4.79 Å². The van der Waals surface area contributed by atoms with Gasteiger partial charge in [-0.1, -0.05) is 6.42 Å². The average Bonchev–Trinajstić information content (AvgIpc) is 2.29. The number of amides is 1. The van der Waals surface area contributed by atoms with Crippen LogP contribution in [0, 0.1) is 0 Å². The van der Waals surface area contributed by atoms with Crippen molar-refractivity contribution in [2.24, 2.45) is 0 Å². The molecule has 0 aromatic heterocycles. The lowest BCUT2D eigenvalue weighted by Gasteiger charge is -2.27. The summed E-state index contributed by atoms with van der Waals surface area (Å²) in [5.41, 5.74) is 0. The molecule has 0 bridgehead atoms. The van der Waals surface area contributed by atoms with E-state index in [9.17, 15) is 4.79 Å². The van der Waals surface area contributed by atoms with Crippen LogP contribution < -0.4 is 10.6 Å². The average molecular weight is 213 g/mol. The number of hydrogen-bond donors (Lipinski definition) is 2. The van der Waals surface area contributed by atoms with E-state index in [0.717, 1.165) is 32.5 Å². The lowest BCUT2D eigenvalue weighted by molar-refractivity contribution is -0.132. The Kier molecular flexibility index (Phi) is 5.65. The minimum atomic E-state index is 0.0679. The van der Waals surface area contributed by atoms with E-state index in [4.69, 9.17) is 0 Å². The monoisotopic (exact) mass is 213 g/mol. The number of likely N-dealkylation sites (N-methyl/N-ethyl adjacent to an activating group) is 1. The maximum Gasteiger partial charge on any atom is 0.239 e. The van der Waals surface area contributed by atoms with Crippen LogP contribution in [-0.4, -0.2) is 50.6 Å². The summed E-state index contributed by atoms with van der Waals surface area (Å²) in [7, 11) is 3.83. The van der Waals surface area contributed by atoms with Crippen LogP contribution in [0.3, 0.4) is 0 Å². The molecular formula is C11H23N3O. The molecule has 4 nitrogen and oxygen atoms in total. The molecule has 1 atom stereocenters. The third-order valence-electron chi connectivity index (χ3n) is 2.90. The summed E-state index contributed by atoms with van der Waals surface area (Å²) < 4.78 is 0. The van der Waals surface area contributed by atoms with Crippen molar-refractivity contribution in [1.29, 1.82) is 0 Å². The van der Waals surface area contributed by atoms with Gasteiger partial charge in [-0.15, -0.1) is 0 Å². The molecule has 1 amide bonds. The van der Waals surface area contributed by atoms with Crippen molar-refractivity contribution in [2.75, 3.05) is 33.7 Å². The summed E-state index contributed by atoms with van der Waals surface area (Å²) in [6, 6.07) is 0.0679. The topological polar surface area (TPSA) is 44.4 Å². The summed E-state index contributed by atoms with van der Waals surface area (Å²) >= 11 is 0. The number of carbonyl (C=O) groups is 1. The molecule has 1 heterocycles. The molecule has 0 aromatic carbocycles. The fourth-order valence-electron chi connectivity index (χ4n) is 1.93. The summed E-state index contributed by atoms with van der Waals surface area (Å²) in [5.74, 6) is 0.255. The molecular weight excluding hydrogens is 190 g/mol. The fraction of sp³-hybridized carbons (Fsp3) is 0.909. The largest absolute Gasteiger partial charge is 0.344 e. The number of piperidine rings is 1. The number of rotatable bonds is 5. The number of hydrogen-bond acceptors (Lipinski definition) is 3. The molecule has 1 saturated heterocycles. The number of carbonyl (C=O) groups excluding carboxylic acids is 1. The molecule has 1 rings (SSSR count). The van der Waals surface area contributed by atoms with Crippen LogP contribution >= 0.6 is 0 Å². The summed E-state index contributed by atoms with van der Waals surface area (Å²) in [4.78, 5) is 13.8. The van der Waals surface area contributed by atoms with Gasteiger partial charge < -0.3 is 15.5 Å². The van der Waals surface area contributed by atoms with E-state index in [1.807, 2.05) is 19.0 Å². The van der Waals surface area contributed by atoms with Gasteiger partial charge in [0.15, 0.2) is 0 Å². The van der Waals surface area contributed by atoms with Gasteiger partial charge in [0, 0.05) is 13.6 Å². The quantitative estimate of drug-likeness (QED) is 0.641. The predicted molar refractivity (Wildman–Crippen MR) is 61.8 cm³/mol. The fourth-order valence-corrected chi connectivity index (χ4v) is 1.93. The zero-order valence-electron chi connectivity index (χ0n) is 9.88. The molecule has 4 heteroatoms. The van der Waals surface area contributed by atoms with E-state index in [2.05, 4.69) is 10.6 Å². The first-order valence-corrected chi connectivity index (χ1v) is 5.88. The molecule has 1 fully saturated rings. The highest BCUT2D eigenvalue weighted by molar-refractivity contribution is 5.81. The SMILES string of the molecule is CNCCCN(C)C(=O)C1CCCCN1. The van der Waals surface area contributed by atoms with Crippen molar-refractivity contribution in [3.05, 3.63) is 0 Å². The van der Waals surface area contributed by atoms with Crippen molar-refractivity contribution in [2.45, 2.75) is 31.7 Å². The highest BCUT2D eigenvalue weighted by atomic mass is 16.2. The first kappa shape index (κ1) is 12.5. The van der Waals surface area contributed by atoms with Gasteiger partial charge in [-0.25, -0.2) is 0 Å². The first-order chi connectivity index (χ1) is 7.25. The van der Waals surface area contributed by atoms with Crippen LogP contribution in [0.15, 0.2) is 0 Å². The number of nitrogens with zero attached hydrogens (tertiary/aromatic N) is 1. The van der Waals surface area contributed by atoms with Crippen LogP contribution in [0.2, 0.25) is 0 Å². The van der Waals surface area contributed by atoms with E-state index >= 15 is 0 Å². The standard InChI is InChI=1S/C11H23N3O/c1-12-7-5-9-14(2)11(15)10-6-3-4-8-13-10/h10,12-13H,3-9H2,1-2H3. The van der Waals surface area contributed by atoms with Crippen LogP contribution in [0.4, 0.5) is 0 Å². The van der Waals surface area contributed by atoms with Gasteiger partial charge in [-0.2, -0.15) is 0 Å². The molecule has 2 N–H and O–H groups in total. The third-order valence-corrected chi connectivity index (χ3v) is 2.90. The van der Waals surface area contributed by atoms with E-state index < -0.39 is 0 Å². The maximum absolute atomic E-state index is 11.9. The Bertz CT molecular complexity index is 190. The minimum absolute atomic E-state index is 0.0679. The van der Waals surface area contributed by atoms with Crippen LogP contribution in [0.25, 0.3) is 0 Å². The molecule has 0 spiro atoms. The van der Waals surface area contributed by atoms with Crippen molar-refractivity contribution >= 4 is 5.91 Å². The zero-order chi connectivity index (χ0) is 11.1. The summed E-state index contributed by atoms with van der Waals surface area (Å²) in [6.45, 7) is 2.80. The van der Waals surface area contributed by atoms with Crippen molar-refractivity contribution < 1.29 is 4.79 Å². The minimum Gasteiger partial charge on any atom is -0.344 e. The first-order valence-electron chi connectivity index (χ1n) is 5.88. The van der Waals surface area contributed by atoms with Gasteiger partial charge in [0.25, 0.3) is 0 Å². The zero-order valence-corrected chi connectivity index (χ0v) is 9.88. The lowest BCUT2D eigenvalue weighted by atomic mass is 10.0. The Morgan fingerprint density at radius 1 is 1.53 bits per heavy atom. The van der Waals surface area contributed by atoms with E-state index in [1.165, 1.54) is 12.8 Å². The highest BCUT2D eigenvalue weighted by Gasteiger charge is 2.22. The Hall–Kier alpha value is -0.610. The Morgan fingerprint density at radius 2 is 2.33 bits per heavy atom. The smallest absolute Gasteiger partial charge is 0.239 e. The lowest BCUT2D eigenvalue weighted by Crippen LogP contribution is -2.47. The second-order valence-corrected chi connectivity index (χ2v) is 4.22. The normalized spacial score (nSPS) is 21.3. The van der Waals surface area contributed by atoms with Crippen LogP contribution in [0.1, 0.15) is 25.7 Å². The van der Waals surface area contributed by atoms with E-state index in [1.54, 1.807) is 0 Å². The van der Waals surface area contributed by atoms with Crippen molar-refractivity contribution in [3.8, 4) is 0 Å². The van der Waals surface area contributed by atoms with Crippen LogP contribution in [-0.2, 0) is 4.79 Å². The highest BCUT2D eigenvalue weighted by Crippen LogP contribution is 2.09. The second-order valence-electron chi connectivity index (χ2n) is 4.22. The summed E-state index contributed by atoms with van der Waals surface area (Å²) in [5, 5.41) is 6.37. The molecule has 0 aromatic rings. The Balaban J connectivity index is 2.24. The van der Waals surface area contributed by atoms with Crippen LogP contribution in [0.5, 0.6) is 0 Å². The maximum atomic E-state index is 11.9. The van der Waals surface area contributed by atoms with E-state index in [0.29, 0.717) is 0 Å². The van der Waals surface area contributed by atoms with Gasteiger partial charge in [0.05, 0.1) is 6.04 Å². The molecule has 1 unspecified atom stereocenters. The molecule has 0 aliphatic carbocycles. The Labute approximate surface area is 92.4 Å². The number of nitrogens with one attached hydrogen (secondary N) is 2. The molecule has 0 saturated carbocycles. The van der Waals surface area contributed by atoms with E-state index in [-0.39, 0.29) is 11.9 Å². The Morgan fingerprint density at radius 3 is 2.93 bits per heavy atom. The second kappa shape index (κ2) is 6.80. The third kappa shape index (κ3) is 4.18.